The summed E-state index contributed by atoms with van der Waals surface area (Å²) >= 11 is 0. The molecule has 5 rings (SSSR count). The average Bonchev–Trinajstić information content (AvgIpc) is 3.37. The van der Waals surface area contributed by atoms with E-state index in [1.807, 2.05) is 30.6 Å². The van der Waals surface area contributed by atoms with Crippen molar-refractivity contribution in [3.8, 4) is 17.0 Å². The number of hydrogen-bond acceptors (Lipinski definition) is 6. The molecule has 3 aromatic heterocycles. The summed E-state index contributed by atoms with van der Waals surface area (Å²) in [7, 11) is 1.62. The van der Waals surface area contributed by atoms with Crippen molar-refractivity contribution in [3.63, 3.8) is 0 Å². The molecule has 138 valence electrons. The molecule has 2 N–H and O–H groups in total. The van der Waals surface area contributed by atoms with Gasteiger partial charge in [0.1, 0.15) is 5.65 Å². The molecule has 4 heterocycles. The van der Waals surface area contributed by atoms with E-state index in [-0.39, 0.29) is 0 Å². The van der Waals surface area contributed by atoms with Crippen LogP contribution in [0.5, 0.6) is 5.88 Å². The number of aromatic nitrogens is 4. The van der Waals surface area contributed by atoms with Gasteiger partial charge in [-0.15, -0.1) is 0 Å². The lowest BCUT2D eigenvalue weighted by atomic mass is 10.0. The molecular formula is C21H18N6O. The van der Waals surface area contributed by atoms with E-state index >= 15 is 0 Å². The van der Waals surface area contributed by atoms with Gasteiger partial charge in [0.2, 0.25) is 11.8 Å². The quantitative estimate of drug-likeness (QED) is 0.567. The predicted molar refractivity (Wildman–Crippen MR) is 109 cm³/mol. The maximum atomic E-state index is 5.58. The second kappa shape index (κ2) is 6.45. The monoisotopic (exact) mass is 370 g/mol. The Hall–Kier alpha value is -3.74. The van der Waals surface area contributed by atoms with Crippen LogP contribution in [-0.2, 0) is 6.54 Å². The Morgan fingerprint density at radius 3 is 2.79 bits per heavy atom. The number of ether oxygens (including phenoxy) is 1. The number of nitrogens with zero attached hydrogens (tertiary/aromatic N) is 4. The summed E-state index contributed by atoms with van der Waals surface area (Å²) in [6.07, 6.45) is 7.36. The van der Waals surface area contributed by atoms with Crippen LogP contribution in [0.3, 0.4) is 0 Å². The van der Waals surface area contributed by atoms with Gasteiger partial charge in [0.15, 0.2) is 0 Å². The van der Waals surface area contributed by atoms with Crippen LogP contribution < -0.4 is 10.1 Å². The molecule has 0 fully saturated rings. The number of benzene rings is 1. The van der Waals surface area contributed by atoms with Crippen molar-refractivity contribution in [1.82, 2.24) is 19.9 Å². The Labute approximate surface area is 161 Å². The van der Waals surface area contributed by atoms with Crippen LogP contribution in [0.15, 0.2) is 47.8 Å². The molecule has 0 atom stereocenters. The van der Waals surface area contributed by atoms with Crippen LogP contribution in [0.4, 0.5) is 11.6 Å². The zero-order valence-electron chi connectivity index (χ0n) is 15.5. The summed E-state index contributed by atoms with van der Waals surface area (Å²) in [5, 5.41) is 4.17. The number of anilines is 2. The van der Waals surface area contributed by atoms with Gasteiger partial charge in [-0.2, -0.15) is 9.97 Å². The first kappa shape index (κ1) is 16.4. The number of H-pyrrole nitrogens is 1. The van der Waals surface area contributed by atoms with Gasteiger partial charge < -0.3 is 15.0 Å². The van der Waals surface area contributed by atoms with Crippen molar-refractivity contribution in [3.05, 3.63) is 59.5 Å². The molecular weight excluding hydrogens is 352 g/mol. The van der Waals surface area contributed by atoms with Crippen LogP contribution >= 0.6 is 0 Å². The van der Waals surface area contributed by atoms with E-state index in [4.69, 9.17) is 4.74 Å². The molecule has 0 saturated carbocycles. The number of fused-ring (bicyclic) bond motifs is 2. The lowest BCUT2D eigenvalue weighted by Gasteiger charge is -2.12. The zero-order valence-corrected chi connectivity index (χ0v) is 15.5. The van der Waals surface area contributed by atoms with Crippen molar-refractivity contribution < 1.29 is 4.74 Å². The van der Waals surface area contributed by atoms with E-state index < -0.39 is 0 Å². The van der Waals surface area contributed by atoms with Crippen LogP contribution in [-0.4, -0.2) is 33.3 Å². The number of aromatic amines is 1. The first-order valence-corrected chi connectivity index (χ1v) is 8.97. The highest BCUT2D eigenvalue weighted by molar-refractivity contribution is 5.98. The molecule has 0 aliphatic carbocycles. The number of rotatable bonds is 4. The minimum atomic E-state index is 0.477. The highest BCUT2D eigenvalue weighted by atomic mass is 16.5. The van der Waals surface area contributed by atoms with Crippen molar-refractivity contribution >= 4 is 28.9 Å². The zero-order chi connectivity index (χ0) is 19.1. The highest BCUT2D eigenvalue weighted by Crippen LogP contribution is 2.35. The van der Waals surface area contributed by atoms with Crippen molar-refractivity contribution in [2.45, 2.75) is 13.5 Å². The molecule has 0 saturated heterocycles. The first-order chi connectivity index (χ1) is 13.7. The third-order valence-corrected chi connectivity index (χ3v) is 5.02. The predicted octanol–water partition coefficient (Wildman–Crippen LogP) is 4.01. The number of aliphatic imine (C=N–C) groups is 1. The van der Waals surface area contributed by atoms with E-state index in [0.717, 1.165) is 39.9 Å². The molecule has 0 bridgehead atoms. The fourth-order valence-corrected chi connectivity index (χ4v) is 3.56. The first-order valence-electron chi connectivity index (χ1n) is 8.97. The summed E-state index contributed by atoms with van der Waals surface area (Å²) in [5.41, 5.74) is 7.20. The third-order valence-electron chi connectivity index (χ3n) is 5.02. The molecule has 1 aromatic carbocycles. The van der Waals surface area contributed by atoms with Gasteiger partial charge in [-0.1, -0.05) is 6.07 Å². The van der Waals surface area contributed by atoms with E-state index in [1.165, 1.54) is 5.56 Å². The summed E-state index contributed by atoms with van der Waals surface area (Å²) in [4.78, 5) is 20.9. The van der Waals surface area contributed by atoms with Gasteiger partial charge in [0.05, 0.1) is 19.0 Å². The van der Waals surface area contributed by atoms with Gasteiger partial charge in [-0.3, -0.25) is 9.98 Å². The largest absolute Gasteiger partial charge is 0.480 e. The van der Waals surface area contributed by atoms with Crippen LogP contribution in [0.25, 0.3) is 22.2 Å². The molecule has 4 aromatic rings. The normalized spacial score (nSPS) is 12.4. The SMILES string of the molecule is COc1nc(Nc2ccc3c(c2C)C=NC3)nc2[nH]cc(-c3ccncc3)c12. The molecule has 0 amide bonds. The molecule has 7 heteroatoms. The van der Waals surface area contributed by atoms with E-state index in [9.17, 15) is 0 Å². The summed E-state index contributed by atoms with van der Waals surface area (Å²) in [6.45, 7) is 2.82. The Bertz CT molecular complexity index is 1210. The van der Waals surface area contributed by atoms with Gasteiger partial charge >= 0.3 is 0 Å². The smallest absolute Gasteiger partial charge is 0.232 e. The summed E-state index contributed by atoms with van der Waals surface area (Å²) < 4.78 is 5.58. The third kappa shape index (κ3) is 2.60. The van der Waals surface area contributed by atoms with Crippen LogP contribution in [0.2, 0.25) is 0 Å². The summed E-state index contributed by atoms with van der Waals surface area (Å²) in [5.74, 6) is 0.992. The Morgan fingerprint density at radius 2 is 1.96 bits per heavy atom. The Morgan fingerprint density at radius 1 is 1.11 bits per heavy atom. The number of nitrogens with one attached hydrogen (secondary N) is 2. The van der Waals surface area contributed by atoms with Crippen molar-refractivity contribution in [2.75, 3.05) is 12.4 Å². The van der Waals surface area contributed by atoms with Gasteiger partial charge in [-0.05, 0) is 41.8 Å². The van der Waals surface area contributed by atoms with E-state index in [2.05, 4.69) is 43.2 Å². The van der Waals surface area contributed by atoms with E-state index in [0.29, 0.717) is 17.5 Å². The van der Waals surface area contributed by atoms with Gasteiger partial charge in [0.25, 0.3) is 0 Å². The molecule has 0 radical (unpaired) electrons. The molecule has 0 unspecified atom stereocenters. The molecule has 1 aliphatic heterocycles. The minimum Gasteiger partial charge on any atom is -0.480 e. The second-order valence-corrected chi connectivity index (χ2v) is 6.62. The molecule has 7 nitrogen and oxygen atoms in total. The second-order valence-electron chi connectivity index (χ2n) is 6.62. The molecule has 1 aliphatic rings. The van der Waals surface area contributed by atoms with Gasteiger partial charge in [-0.25, -0.2) is 0 Å². The lowest BCUT2D eigenvalue weighted by molar-refractivity contribution is 0.403. The molecule has 28 heavy (non-hydrogen) atoms. The lowest BCUT2D eigenvalue weighted by Crippen LogP contribution is -2.03. The maximum absolute atomic E-state index is 5.58. The standard InChI is InChI=1S/C21H18N6O/c1-12-15-10-23-9-14(15)3-4-17(12)25-21-26-19-18(20(27-21)28-2)16(11-24-19)13-5-7-22-8-6-13/h3-8,10-11H,9H2,1-2H3,(H2,24,25,26,27). The van der Waals surface area contributed by atoms with Crippen LogP contribution in [0.1, 0.15) is 16.7 Å². The van der Waals surface area contributed by atoms with E-state index in [1.54, 1.807) is 19.5 Å². The molecule has 0 spiro atoms. The minimum absolute atomic E-state index is 0.477. The van der Waals surface area contributed by atoms with Crippen molar-refractivity contribution in [2.24, 2.45) is 4.99 Å². The summed E-state index contributed by atoms with van der Waals surface area (Å²) in [6, 6.07) is 8.02. The highest BCUT2D eigenvalue weighted by Gasteiger charge is 2.17. The number of pyridine rings is 1. The van der Waals surface area contributed by atoms with Crippen molar-refractivity contribution in [1.29, 1.82) is 0 Å². The maximum Gasteiger partial charge on any atom is 0.232 e. The Balaban J connectivity index is 1.58. The fraction of sp³-hybridized carbons (Fsp3) is 0.143. The average molecular weight is 370 g/mol. The van der Waals surface area contributed by atoms with Gasteiger partial charge in [0, 0.05) is 41.6 Å². The van der Waals surface area contributed by atoms with Crippen LogP contribution in [0, 0.1) is 6.92 Å². The Kier molecular flexibility index (Phi) is 3.79. The topological polar surface area (TPSA) is 88.1 Å². The number of hydrogen-bond donors (Lipinski definition) is 2. The fourth-order valence-electron chi connectivity index (χ4n) is 3.56. The number of methoxy groups -OCH3 is 1.